The Morgan fingerprint density at radius 1 is 1.34 bits per heavy atom. The number of aryl methyl sites for hydroxylation is 2. The molecule has 2 aliphatic heterocycles. The highest BCUT2D eigenvalue weighted by atomic mass is 16.2. The maximum atomic E-state index is 12.9. The summed E-state index contributed by atoms with van der Waals surface area (Å²) in [5, 5.41) is 14.8. The van der Waals surface area contributed by atoms with Crippen LogP contribution in [-0.4, -0.2) is 44.0 Å². The summed E-state index contributed by atoms with van der Waals surface area (Å²) < 4.78 is 3.30. The van der Waals surface area contributed by atoms with Gasteiger partial charge in [0.2, 0.25) is 5.91 Å². The second kappa shape index (κ2) is 6.91. The normalized spacial score (nSPS) is 20.6. The van der Waals surface area contributed by atoms with E-state index in [9.17, 15) is 9.59 Å². The van der Waals surface area contributed by atoms with Crippen LogP contribution in [0, 0.1) is 12.3 Å². The number of amides is 2. The zero-order chi connectivity index (χ0) is 20.8. The highest BCUT2D eigenvalue weighted by molar-refractivity contribution is 6.04. The maximum Gasteiger partial charge on any atom is 0.251 e. The van der Waals surface area contributed by atoms with E-state index in [-0.39, 0.29) is 11.8 Å². The predicted octanol–water partition coefficient (Wildman–Crippen LogP) is 1.65. The van der Waals surface area contributed by atoms with Crippen LogP contribution in [0.3, 0.4) is 0 Å². The number of dihydropyridines is 1. The second-order valence-electron chi connectivity index (χ2n) is 8.14. The first-order valence-electron chi connectivity index (χ1n) is 9.58. The standard InChI is InChI=1S/C20H25N7O2/c1-13-10-21-27(11-13)16-7-5-6-14(22-16)18(28)23-15-12-25(4)24-17(15)26-9-8-20(2,3)19(26)29/h5-7,10-12,14,22H,8-9H2,1-4H3,(H,23,28). The first-order chi connectivity index (χ1) is 13.7. The summed E-state index contributed by atoms with van der Waals surface area (Å²) in [4.78, 5) is 27.3. The van der Waals surface area contributed by atoms with Crippen molar-refractivity contribution in [1.82, 2.24) is 24.9 Å². The Labute approximate surface area is 169 Å². The highest BCUT2D eigenvalue weighted by Gasteiger charge is 2.41. The number of rotatable bonds is 4. The van der Waals surface area contributed by atoms with Crippen LogP contribution in [0.1, 0.15) is 25.8 Å². The van der Waals surface area contributed by atoms with Crippen LogP contribution >= 0.6 is 0 Å². The Morgan fingerprint density at radius 3 is 2.79 bits per heavy atom. The van der Waals surface area contributed by atoms with Gasteiger partial charge in [-0.25, -0.2) is 4.68 Å². The number of allylic oxidation sites excluding steroid dienone is 2. The van der Waals surface area contributed by atoms with E-state index >= 15 is 0 Å². The highest BCUT2D eigenvalue weighted by Crippen LogP contribution is 2.36. The average molecular weight is 395 g/mol. The molecule has 0 bridgehead atoms. The van der Waals surface area contributed by atoms with E-state index in [0.29, 0.717) is 23.9 Å². The van der Waals surface area contributed by atoms with Crippen LogP contribution in [0.25, 0.3) is 5.82 Å². The van der Waals surface area contributed by atoms with Crippen molar-refractivity contribution in [3.8, 4) is 0 Å². The molecule has 4 rings (SSSR count). The van der Waals surface area contributed by atoms with Crippen LogP contribution in [0.4, 0.5) is 11.5 Å². The van der Waals surface area contributed by atoms with E-state index in [1.807, 2.05) is 39.1 Å². The van der Waals surface area contributed by atoms with Gasteiger partial charge < -0.3 is 10.6 Å². The molecular formula is C20H25N7O2. The van der Waals surface area contributed by atoms with Crippen molar-refractivity contribution >= 4 is 29.1 Å². The summed E-state index contributed by atoms with van der Waals surface area (Å²) in [5.41, 5.74) is 1.12. The van der Waals surface area contributed by atoms with Gasteiger partial charge in [0, 0.05) is 25.2 Å². The Balaban J connectivity index is 1.50. The first kappa shape index (κ1) is 19.0. The number of hydrogen-bond donors (Lipinski definition) is 2. The predicted molar refractivity (Wildman–Crippen MR) is 110 cm³/mol. The third-order valence-corrected chi connectivity index (χ3v) is 5.21. The SMILES string of the molecule is Cc1cnn(C2=CC=CC(C(=O)Nc3cn(C)nc3N3CCC(C)(C)C3=O)N2)c1. The molecule has 9 nitrogen and oxygen atoms in total. The van der Waals surface area contributed by atoms with Crippen LogP contribution in [-0.2, 0) is 16.6 Å². The number of carbonyl (C=O) groups is 2. The smallest absolute Gasteiger partial charge is 0.251 e. The topological polar surface area (TPSA) is 97.1 Å². The van der Waals surface area contributed by atoms with E-state index in [4.69, 9.17) is 0 Å². The number of anilines is 2. The minimum Gasteiger partial charge on any atom is -0.355 e. The van der Waals surface area contributed by atoms with E-state index in [1.54, 1.807) is 39.8 Å². The Kier molecular flexibility index (Phi) is 4.52. The van der Waals surface area contributed by atoms with Crippen LogP contribution in [0.2, 0.25) is 0 Å². The van der Waals surface area contributed by atoms with E-state index in [2.05, 4.69) is 20.8 Å². The van der Waals surface area contributed by atoms with Crippen molar-refractivity contribution in [1.29, 1.82) is 0 Å². The van der Waals surface area contributed by atoms with Crippen LogP contribution in [0.15, 0.2) is 36.8 Å². The summed E-state index contributed by atoms with van der Waals surface area (Å²) in [6.45, 7) is 6.40. The van der Waals surface area contributed by atoms with Crippen molar-refractivity contribution in [2.75, 3.05) is 16.8 Å². The molecule has 2 N–H and O–H groups in total. The molecule has 2 aromatic heterocycles. The number of aromatic nitrogens is 4. The molecule has 0 spiro atoms. The second-order valence-corrected chi connectivity index (χ2v) is 8.14. The minimum absolute atomic E-state index is 0.0154. The molecule has 1 saturated heterocycles. The summed E-state index contributed by atoms with van der Waals surface area (Å²) in [6, 6.07) is -0.571. The number of carbonyl (C=O) groups excluding carboxylic acids is 2. The molecule has 0 aromatic carbocycles. The van der Waals surface area contributed by atoms with Gasteiger partial charge in [0.15, 0.2) is 5.82 Å². The van der Waals surface area contributed by atoms with Crippen LogP contribution in [0.5, 0.6) is 0 Å². The Morgan fingerprint density at radius 2 is 2.14 bits per heavy atom. The van der Waals surface area contributed by atoms with Gasteiger partial charge >= 0.3 is 0 Å². The zero-order valence-corrected chi connectivity index (χ0v) is 17.0. The molecule has 152 valence electrons. The Bertz CT molecular complexity index is 1030. The average Bonchev–Trinajstić information content (AvgIpc) is 3.34. The van der Waals surface area contributed by atoms with Crippen molar-refractivity contribution in [3.63, 3.8) is 0 Å². The lowest BCUT2D eigenvalue weighted by Crippen LogP contribution is -2.40. The van der Waals surface area contributed by atoms with Gasteiger partial charge in [-0.05, 0) is 25.0 Å². The third kappa shape index (κ3) is 3.55. The number of nitrogens with zero attached hydrogens (tertiary/aromatic N) is 5. The van der Waals surface area contributed by atoms with Gasteiger partial charge in [0.05, 0.1) is 12.4 Å². The molecule has 1 atom stereocenters. The quantitative estimate of drug-likeness (QED) is 0.821. The summed E-state index contributed by atoms with van der Waals surface area (Å²) in [7, 11) is 1.77. The molecule has 29 heavy (non-hydrogen) atoms. The fourth-order valence-corrected chi connectivity index (χ4v) is 3.50. The molecule has 0 aliphatic carbocycles. The largest absolute Gasteiger partial charge is 0.355 e. The molecule has 1 fully saturated rings. The molecule has 2 aromatic rings. The molecule has 9 heteroatoms. The summed E-state index contributed by atoms with van der Waals surface area (Å²) in [5.74, 6) is 0.968. The van der Waals surface area contributed by atoms with Gasteiger partial charge in [0.25, 0.3) is 5.91 Å². The zero-order valence-electron chi connectivity index (χ0n) is 17.0. The van der Waals surface area contributed by atoms with E-state index in [1.165, 1.54) is 0 Å². The molecule has 2 amide bonds. The maximum absolute atomic E-state index is 12.9. The Hall–Kier alpha value is -3.36. The molecule has 2 aliphatic rings. The first-order valence-corrected chi connectivity index (χ1v) is 9.58. The lowest BCUT2D eigenvalue weighted by molar-refractivity contribution is -0.124. The molecule has 0 radical (unpaired) electrons. The van der Waals surface area contributed by atoms with Gasteiger partial charge in [-0.15, -0.1) is 0 Å². The van der Waals surface area contributed by atoms with Crippen molar-refractivity contribution in [2.24, 2.45) is 12.5 Å². The fourth-order valence-electron chi connectivity index (χ4n) is 3.50. The van der Waals surface area contributed by atoms with E-state index in [0.717, 1.165) is 12.0 Å². The van der Waals surface area contributed by atoms with E-state index < -0.39 is 11.5 Å². The van der Waals surface area contributed by atoms with Crippen molar-refractivity contribution in [2.45, 2.75) is 33.2 Å². The number of hydrogen-bond acceptors (Lipinski definition) is 5. The summed E-state index contributed by atoms with van der Waals surface area (Å²) >= 11 is 0. The van der Waals surface area contributed by atoms with Crippen molar-refractivity contribution < 1.29 is 9.59 Å². The lowest BCUT2D eigenvalue weighted by Gasteiger charge is -2.22. The lowest BCUT2D eigenvalue weighted by atomic mass is 9.92. The van der Waals surface area contributed by atoms with Crippen molar-refractivity contribution in [3.05, 3.63) is 42.4 Å². The van der Waals surface area contributed by atoms with Gasteiger partial charge in [-0.1, -0.05) is 26.0 Å². The van der Waals surface area contributed by atoms with Crippen LogP contribution < -0.4 is 15.5 Å². The minimum atomic E-state index is -0.571. The van der Waals surface area contributed by atoms with Gasteiger partial charge in [0.1, 0.15) is 17.6 Å². The summed E-state index contributed by atoms with van der Waals surface area (Å²) in [6.07, 6.45) is 11.6. The molecule has 1 unspecified atom stereocenters. The monoisotopic (exact) mass is 395 g/mol. The fraction of sp³-hybridized carbons (Fsp3) is 0.400. The third-order valence-electron chi connectivity index (χ3n) is 5.21. The molecular weight excluding hydrogens is 370 g/mol. The number of nitrogens with one attached hydrogen (secondary N) is 2. The molecule has 0 saturated carbocycles. The van der Waals surface area contributed by atoms with Gasteiger partial charge in [-0.3, -0.25) is 19.2 Å². The molecule has 4 heterocycles. The van der Waals surface area contributed by atoms with Gasteiger partial charge in [-0.2, -0.15) is 10.2 Å².